The van der Waals surface area contributed by atoms with Gasteiger partial charge in [-0.05, 0) is 29.8 Å². The van der Waals surface area contributed by atoms with Crippen molar-refractivity contribution in [3.05, 3.63) is 59.7 Å². The summed E-state index contributed by atoms with van der Waals surface area (Å²) in [7, 11) is 0. The van der Waals surface area contributed by atoms with Gasteiger partial charge in [0, 0.05) is 6.07 Å². The Bertz CT molecular complexity index is 636. The molecule has 0 amide bonds. The highest BCUT2D eigenvalue weighted by atomic mass is 19.2. The van der Waals surface area contributed by atoms with Crippen LogP contribution < -0.4 is 9.47 Å². The van der Waals surface area contributed by atoms with E-state index in [1.165, 1.54) is 6.07 Å². The van der Waals surface area contributed by atoms with E-state index < -0.39 is 11.6 Å². The molecule has 0 N–H and O–H groups in total. The minimum absolute atomic E-state index is 0.213. The summed E-state index contributed by atoms with van der Waals surface area (Å²) >= 11 is 0. The van der Waals surface area contributed by atoms with Crippen LogP contribution in [0.25, 0.3) is 0 Å². The zero-order valence-electron chi connectivity index (χ0n) is 11.2. The SMILES string of the molecule is N#CCc1ccc(OCCOc2ccc(F)c(F)c2)cc1. The number of nitrogens with zero attached hydrogens (tertiary/aromatic N) is 1. The van der Waals surface area contributed by atoms with Crippen LogP contribution in [-0.4, -0.2) is 13.2 Å². The lowest BCUT2D eigenvalue weighted by molar-refractivity contribution is 0.216. The lowest BCUT2D eigenvalue weighted by atomic mass is 10.2. The zero-order valence-corrected chi connectivity index (χ0v) is 11.2. The predicted molar refractivity (Wildman–Crippen MR) is 73.1 cm³/mol. The molecule has 0 fully saturated rings. The highest BCUT2D eigenvalue weighted by Crippen LogP contribution is 2.16. The van der Waals surface area contributed by atoms with Crippen molar-refractivity contribution in [3.8, 4) is 17.6 Å². The highest BCUT2D eigenvalue weighted by molar-refractivity contribution is 5.28. The predicted octanol–water partition coefficient (Wildman–Crippen LogP) is 3.49. The first-order valence-corrected chi connectivity index (χ1v) is 6.35. The fraction of sp³-hybridized carbons (Fsp3) is 0.188. The summed E-state index contributed by atoms with van der Waals surface area (Å²) in [6, 6.07) is 12.6. The second kappa shape index (κ2) is 7.25. The Balaban J connectivity index is 1.76. The van der Waals surface area contributed by atoms with Crippen LogP contribution in [0.3, 0.4) is 0 Å². The summed E-state index contributed by atoms with van der Waals surface area (Å²) in [5.41, 5.74) is 0.919. The normalized spacial score (nSPS) is 9.95. The Hall–Kier alpha value is -2.61. The van der Waals surface area contributed by atoms with E-state index >= 15 is 0 Å². The Kier molecular flexibility index (Phi) is 5.10. The lowest BCUT2D eigenvalue weighted by Gasteiger charge is -2.09. The van der Waals surface area contributed by atoms with Gasteiger partial charge >= 0.3 is 0 Å². The third-order valence-corrected chi connectivity index (χ3v) is 2.72. The maximum Gasteiger partial charge on any atom is 0.162 e. The summed E-state index contributed by atoms with van der Waals surface area (Å²) < 4.78 is 36.4. The average molecular weight is 289 g/mol. The van der Waals surface area contributed by atoms with Gasteiger partial charge < -0.3 is 9.47 Å². The first kappa shape index (κ1) is 14.8. The molecule has 108 valence electrons. The van der Waals surface area contributed by atoms with E-state index in [0.29, 0.717) is 12.2 Å². The van der Waals surface area contributed by atoms with Crippen LogP contribution in [0.1, 0.15) is 5.56 Å². The monoisotopic (exact) mass is 289 g/mol. The standard InChI is InChI=1S/C16H13F2NO2/c17-15-6-5-14(11-16(15)18)21-10-9-20-13-3-1-12(2-4-13)7-8-19/h1-6,11H,7,9-10H2. The van der Waals surface area contributed by atoms with Crippen molar-refractivity contribution in [1.82, 2.24) is 0 Å². The largest absolute Gasteiger partial charge is 0.490 e. The van der Waals surface area contributed by atoms with Crippen LogP contribution >= 0.6 is 0 Å². The quantitative estimate of drug-likeness (QED) is 0.764. The number of hydrogen-bond acceptors (Lipinski definition) is 3. The van der Waals surface area contributed by atoms with Crippen LogP contribution in [0.4, 0.5) is 8.78 Å². The molecule has 0 atom stereocenters. The molecule has 2 aromatic carbocycles. The molecule has 0 aliphatic heterocycles. The maximum atomic E-state index is 12.9. The Labute approximate surface area is 121 Å². The molecule has 0 saturated carbocycles. The first-order valence-electron chi connectivity index (χ1n) is 6.35. The molecule has 0 spiro atoms. The fourth-order valence-electron chi connectivity index (χ4n) is 1.68. The zero-order chi connectivity index (χ0) is 15.1. The van der Waals surface area contributed by atoms with Crippen LogP contribution in [0.2, 0.25) is 0 Å². The van der Waals surface area contributed by atoms with E-state index in [1.54, 1.807) is 12.1 Å². The molecule has 5 heteroatoms. The van der Waals surface area contributed by atoms with Crippen LogP contribution in [0.15, 0.2) is 42.5 Å². The minimum atomic E-state index is -0.943. The van der Waals surface area contributed by atoms with Gasteiger partial charge in [0.1, 0.15) is 24.7 Å². The second-order valence-corrected chi connectivity index (χ2v) is 4.25. The van der Waals surface area contributed by atoms with Crippen molar-refractivity contribution in [2.45, 2.75) is 6.42 Å². The van der Waals surface area contributed by atoms with Crippen molar-refractivity contribution < 1.29 is 18.3 Å². The molecular formula is C16H13F2NO2. The first-order chi connectivity index (χ1) is 10.2. The number of hydrogen-bond donors (Lipinski definition) is 0. The molecule has 0 unspecified atom stereocenters. The molecule has 0 heterocycles. The van der Waals surface area contributed by atoms with Gasteiger partial charge in [0.2, 0.25) is 0 Å². The van der Waals surface area contributed by atoms with Crippen molar-refractivity contribution >= 4 is 0 Å². The molecule has 0 aliphatic rings. The Morgan fingerprint density at radius 2 is 1.48 bits per heavy atom. The second-order valence-electron chi connectivity index (χ2n) is 4.25. The third kappa shape index (κ3) is 4.46. The highest BCUT2D eigenvalue weighted by Gasteiger charge is 2.03. The molecule has 21 heavy (non-hydrogen) atoms. The maximum absolute atomic E-state index is 12.9. The average Bonchev–Trinajstić information content (AvgIpc) is 2.49. The van der Waals surface area contributed by atoms with Crippen LogP contribution in [0.5, 0.6) is 11.5 Å². The number of benzene rings is 2. The number of nitriles is 1. The summed E-state index contributed by atoms with van der Waals surface area (Å²) in [6.07, 6.45) is 0.361. The number of halogens is 2. The summed E-state index contributed by atoms with van der Waals surface area (Å²) in [6.45, 7) is 0.488. The van der Waals surface area contributed by atoms with Gasteiger partial charge in [-0.2, -0.15) is 5.26 Å². The van der Waals surface area contributed by atoms with Gasteiger partial charge in [-0.1, -0.05) is 12.1 Å². The van der Waals surface area contributed by atoms with Gasteiger partial charge in [0.15, 0.2) is 11.6 Å². The molecule has 3 nitrogen and oxygen atoms in total. The van der Waals surface area contributed by atoms with E-state index in [-0.39, 0.29) is 19.0 Å². The molecular weight excluding hydrogens is 276 g/mol. The molecule has 0 bridgehead atoms. The Morgan fingerprint density at radius 3 is 2.10 bits per heavy atom. The van der Waals surface area contributed by atoms with Crippen molar-refractivity contribution in [3.63, 3.8) is 0 Å². The topological polar surface area (TPSA) is 42.2 Å². The molecule has 0 radical (unpaired) electrons. The summed E-state index contributed by atoms with van der Waals surface area (Å²) in [4.78, 5) is 0. The van der Waals surface area contributed by atoms with Gasteiger partial charge in [-0.15, -0.1) is 0 Å². The van der Waals surface area contributed by atoms with Crippen molar-refractivity contribution in [2.75, 3.05) is 13.2 Å². The van der Waals surface area contributed by atoms with Gasteiger partial charge in [-0.25, -0.2) is 8.78 Å². The van der Waals surface area contributed by atoms with Crippen molar-refractivity contribution in [1.29, 1.82) is 5.26 Å². The van der Waals surface area contributed by atoms with E-state index in [1.807, 2.05) is 12.1 Å². The number of rotatable bonds is 6. The summed E-state index contributed by atoms with van der Waals surface area (Å²) in [5.74, 6) is -0.940. The molecule has 0 aromatic heterocycles. The molecule has 2 rings (SSSR count). The lowest BCUT2D eigenvalue weighted by Crippen LogP contribution is -2.09. The van der Waals surface area contributed by atoms with Crippen molar-refractivity contribution in [2.24, 2.45) is 0 Å². The van der Waals surface area contributed by atoms with Gasteiger partial charge in [0.25, 0.3) is 0 Å². The molecule has 0 aliphatic carbocycles. The number of ether oxygens (including phenoxy) is 2. The fourth-order valence-corrected chi connectivity index (χ4v) is 1.68. The summed E-state index contributed by atoms with van der Waals surface area (Å²) in [5, 5.41) is 8.56. The van der Waals surface area contributed by atoms with Gasteiger partial charge in [0.05, 0.1) is 12.5 Å². The molecule has 0 saturated heterocycles. The smallest absolute Gasteiger partial charge is 0.162 e. The van der Waals surface area contributed by atoms with Gasteiger partial charge in [-0.3, -0.25) is 0 Å². The van der Waals surface area contributed by atoms with Crippen LogP contribution in [-0.2, 0) is 6.42 Å². The third-order valence-electron chi connectivity index (χ3n) is 2.72. The molecule has 2 aromatic rings. The Morgan fingerprint density at radius 1 is 0.857 bits per heavy atom. The van der Waals surface area contributed by atoms with E-state index in [9.17, 15) is 8.78 Å². The van der Waals surface area contributed by atoms with E-state index in [2.05, 4.69) is 6.07 Å². The van der Waals surface area contributed by atoms with E-state index in [0.717, 1.165) is 17.7 Å². The minimum Gasteiger partial charge on any atom is -0.490 e. The van der Waals surface area contributed by atoms with E-state index in [4.69, 9.17) is 14.7 Å². The van der Waals surface area contributed by atoms with Crippen LogP contribution in [0, 0.1) is 23.0 Å².